The summed E-state index contributed by atoms with van der Waals surface area (Å²) in [5.74, 6) is 0.341. The molecule has 31 heavy (non-hydrogen) atoms. The molecule has 0 bridgehead atoms. The van der Waals surface area contributed by atoms with Crippen LogP contribution >= 0.6 is 0 Å². The smallest absolute Gasteiger partial charge is 0.261 e. The Labute approximate surface area is 178 Å². The van der Waals surface area contributed by atoms with Crippen LogP contribution < -0.4 is 10.1 Å². The third-order valence-electron chi connectivity index (χ3n) is 5.10. The Balaban J connectivity index is 1.48. The minimum absolute atomic E-state index is 0.145. The van der Waals surface area contributed by atoms with E-state index in [1.165, 1.54) is 0 Å². The number of nitrogens with zero attached hydrogens (tertiary/aromatic N) is 6. The lowest BCUT2D eigenvalue weighted by atomic mass is 10.1. The van der Waals surface area contributed by atoms with Crippen molar-refractivity contribution in [3.63, 3.8) is 0 Å². The highest BCUT2D eigenvalue weighted by Gasteiger charge is 2.21. The highest BCUT2D eigenvalue weighted by Crippen LogP contribution is 2.25. The fourth-order valence-electron chi connectivity index (χ4n) is 3.66. The Morgan fingerprint density at radius 3 is 3.13 bits per heavy atom. The zero-order valence-electron chi connectivity index (χ0n) is 17.4. The van der Waals surface area contributed by atoms with Gasteiger partial charge in [0, 0.05) is 43.0 Å². The van der Waals surface area contributed by atoms with Crippen LogP contribution in [-0.4, -0.2) is 54.6 Å². The molecule has 5 heterocycles. The molecule has 0 aliphatic carbocycles. The molecule has 160 valence electrons. The summed E-state index contributed by atoms with van der Waals surface area (Å²) in [5, 5.41) is 12.4. The number of amides is 1. The SMILES string of the molecule is CC(C)Oc1nc2nn(CC3CCOC3)cc2cc1C(=O)Nc1cnn2cccnc12. The van der Waals surface area contributed by atoms with Crippen LogP contribution in [0, 0.1) is 5.92 Å². The highest BCUT2D eigenvalue weighted by atomic mass is 16.5. The molecule has 10 nitrogen and oxygen atoms in total. The van der Waals surface area contributed by atoms with Crippen molar-refractivity contribution in [2.75, 3.05) is 18.5 Å². The normalized spacial score (nSPS) is 16.4. The predicted octanol–water partition coefficient (Wildman–Crippen LogP) is 2.55. The Bertz CT molecular complexity index is 1240. The van der Waals surface area contributed by atoms with E-state index in [9.17, 15) is 4.79 Å². The first kappa shape index (κ1) is 19.4. The van der Waals surface area contributed by atoms with Gasteiger partial charge in [-0.05, 0) is 32.4 Å². The second-order valence-corrected chi connectivity index (χ2v) is 7.90. The molecule has 1 amide bonds. The van der Waals surface area contributed by atoms with Crippen LogP contribution in [0.25, 0.3) is 16.7 Å². The van der Waals surface area contributed by atoms with Crippen molar-refractivity contribution in [3.8, 4) is 5.88 Å². The molecule has 10 heteroatoms. The number of carbonyl (C=O) groups is 1. The van der Waals surface area contributed by atoms with E-state index >= 15 is 0 Å². The van der Waals surface area contributed by atoms with Crippen LogP contribution in [0.1, 0.15) is 30.6 Å². The minimum Gasteiger partial charge on any atom is -0.474 e. The summed E-state index contributed by atoms with van der Waals surface area (Å²) < 4.78 is 14.8. The molecule has 4 aromatic heterocycles. The molecule has 0 spiro atoms. The maximum Gasteiger partial charge on any atom is 0.261 e. The lowest BCUT2D eigenvalue weighted by Gasteiger charge is -2.12. The summed E-state index contributed by atoms with van der Waals surface area (Å²) in [6, 6.07) is 3.54. The van der Waals surface area contributed by atoms with E-state index in [1.807, 2.05) is 24.7 Å². The first-order chi connectivity index (χ1) is 15.1. The second-order valence-electron chi connectivity index (χ2n) is 7.90. The van der Waals surface area contributed by atoms with Gasteiger partial charge in [-0.1, -0.05) is 0 Å². The van der Waals surface area contributed by atoms with Gasteiger partial charge in [-0.15, -0.1) is 0 Å². The van der Waals surface area contributed by atoms with Crippen LogP contribution in [0.3, 0.4) is 0 Å². The number of aromatic nitrogens is 6. The molecule has 1 aliphatic rings. The summed E-state index contributed by atoms with van der Waals surface area (Å²) in [5.41, 5.74) is 1.95. The Morgan fingerprint density at radius 2 is 2.32 bits per heavy atom. The molecule has 1 N–H and O–H groups in total. The van der Waals surface area contributed by atoms with E-state index in [0.29, 0.717) is 28.5 Å². The molecule has 0 saturated carbocycles. The van der Waals surface area contributed by atoms with E-state index < -0.39 is 0 Å². The number of anilines is 1. The lowest BCUT2D eigenvalue weighted by molar-refractivity contribution is 0.102. The maximum atomic E-state index is 13.1. The third-order valence-corrected chi connectivity index (χ3v) is 5.10. The summed E-state index contributed by atoms with van der Waals surface area (Å²) in [7, 11) is 0. The standard InChI is InChI=1S/C21H23N7O3/c1-13(2)31-21-16(20(29)24-17-9-23-28-6-3-5-22-19(17)28)8-15-11-27(26-18(15)25-21)10-14-4-7-30-12-14/h3,5-6,8-9,11,13-14H,4,7,10,12H2,1-2H3,(H,24,29). The molecule has 5 rings (SSSR count). The zero-order valence-corrected chi connectivity index (χ0v) is 17.4. The molecule has 1 saturated heterocycles. The molecule has 0 aromatic carbocycles. The molecule has 0 radical (unpaired) electrons. The van der Waals surface area contributed by atoms with Crippen molar-refractivity contribution in [2.24, 2.45) is 5.92 Å². The Kier molecular flexibility index (Phi) is 4.99. The Morgan fingerprint density at radius 1 is 1.42 bits per heavy atom. The molecule has 4 aromatic rings. The van der Waals surface area contributed by atoms with Gasteiger partial charge in [-0.25, -0.2) is 9.50 Å². The number of fused-ring (bicyclic) bond motifs is 2. The van der Waals surface area contributed by atoms with Crippen LogP contribution in [0.2, 0.25) is 0 Å². The van der Waals surface area contributed by atoms with E-state index in [0.717, 1.165) is 31.6 Å². The van der Waals surface area contributed by atoms with Crippen LogP contribution in [0.4, 0.5) is 5.69 Å². The molecule has 1 fully saturated rings. The molecule has 1 atom stereocenters. The fraction of sp³-hybridized carbons (Fsp3) is 0.381. The van der Waals surface area contributed by atoms with Gasteiger partial charge >= 0.3 is 0 Å². The molecular weight excluding hydrogens is 398 g/mol. The molecular formula is C21H23N7O3. The van der Waals surface area contributed by atoms with Crippen molar-refractivity contribution in [1.82, 2.24) is 29.4 Å². The number of carbonyl (C=O) groups excluding carboxylic acids is 1. The predicted molar refractivity (Wildman–Crippen MR) is 113 cm³/mol. The Hall–Kier alpha value is -3.53. The maximum absolute atomic E-state index is 13.1. The van der Waals surface area contributed by atoms with E-state index in [1.54, 1.807) is 35.2 Å². The number of nitrogens with one attached hydrogen (secondary N) is 1. The van der Waals surface area contributed by atoms with E-state index in [2.05, 4.69) is 25.5 Å². The minimum atomic E-state index is -0.345. The van der Waals surface area contributed by atoms with Gasteiger partial charge in [-0.2, -0.15) is 15.2 Å². The number of ether oxygens (including phenoxy) is 2. The number of hydrogen-bond donors (Lipinski definition) is 1. The van der Waals surface area contributed by atoms with Crippen molar-refractivity contribution >= 4 is 28.3 Å². The number of rotatable bonds is 6. The fourth-order valence-corrected chi connectivity index (χ4v) is 3.66. The lowest BCUT2D eigenvalue weighted by Crippen LogP contribution is -2.17. The van der Waals surface area contributed by atoms with Crippen LogP contribution in [-0.2, 0) is 11.3 Å². The second kappa shape index (κ2) is 7.95. The van der Waals surface area contributed by atoms with Crippen LogP contribution in [0.5, 0.6) is 5.88 Å². The van der Waals surface area contributed by atoms with Gasteiger partial charge in [0.15, 0.2) is 11.3 Å². The monoisotopic (exact) mass is 421 g/mol. The van der Waals surface area contributed by atoms with Gasteiger partial charge in [0.05, 0.1) is 18.9 Å². The van der Waals surface area contributed by atoms with Crippen molar-refractivity contribution in [1.29, 1.82) is 0 Å². The van der Waals surface area contributed by atoms with Gasteiger partial charge in [0.25, 0.3) is 5.91 Å². The summed E-state index contributed by atoms with van der Waals surface area (Å²) in [6.07, 6.45) is 7.77. The van der Waals surface area contributed by atoms with Gasteiger partial charge in [-0.3, -0.25) is 9.48 Å². The van der Waals surface area contributed by atoms with Crippen molar-refractivity contribution in [3.05, 3.63) is 42.5 Å². The van der Waals surface area contributed by atoms with Crippen molar-refractivity contribution in [2.45, 2.75) is 32.9 Å². The highest BCUT2D eigenvalue weighted by molar-refractivity contribution is 6.08. The van der Waals surface area contributed by atoms with E-state index in [-0.39, 0.29) is 17.9 Å². The number of pyridine rings is 1. The van der Waals surface area contributed by atoms with E-state index in [4.69, 9.17) is 9.47 Å². The van der Waals surface area contributed by atoms with Gasteiger partial charge < -0.3 is 14.8 Å². The third kappa shape index (κ3) is 3.93. The number of hydrogen-bond acceptors (Lipinski definition) is 7. The first-order valence-corrected chi connectivity index (χ1v) is 10.3. The van der Waals surface area contributed by atoms with Crippen molar-refractivity contribution < 1.29 is 14.3 Å². The average Bonchev–Trinajstić information content (AvgIpc) is 3.47. The van der Waals surface area contributed by atoms with Gasteiger partial charge in [0.2, 0.25) is 5.88 Å². The molecule has 1 unspecified atom stereocenters. The first-order valence-electron chi connectivity index (χ1n) is 10.3. The summed E-state index contributed by atoms with van der Waals surface area (Å²) in [6.45, 7) is 6.07. The zero-order chi connectivity index (χ0) is 21.4. The van der Waals surface area contributed by atoms with Gasteiger partial charge in [0.1, 0.15) is 11.3 Å². The average molecular weight is 421 g/mol. The van der Waals surface area contributed by atoms with Crippen LogP contribution in [0.15, 0.2) is 36.9 Å². The quantitative estimate of drug-likeness (QED) is 0.510. The summed E-state index contributed by atoms with van der Waals surface area (Å²) >= 11 is 0. The molecule has 1 aliphatic heterocycles. The largest absolute Gasteiger partial charge is 0.474 e. The topological polar surface area (TPSA) is 108 Å². The summed E-state index contributed by atoms with van der Waals surface area (Å²) in [4.78, 5) is 22.0.